The van der Waals surface area contributed by atoms with Crippen molar-refractivity contribution in [2.75, 3.05) is 26.2 Å². The second-order valence-corrected chi connectivity index (χ2v) is 5.19. The van der Waals surface area contributed by atoms with Crippen molar-refractivity contribution < 1.29 is 13.2 Å². The molecule has 1 N–H and O–H groups in total. The summed E-state index contributed by atoms with van der Waals surface area (Å²) < 4.78 is 36.8. The van der Waals surface area contributed by atoms with Gasteiger partial charge in [-0.15, -0.1) is 0 Å². The first-order valence-corrected chi connectivity index (χ1v) is 6.95. The number of likely N-dealkylation sites (tertiary alicyclic amines) is 1. The van der Waals surface area contributed by atoms with Crippen molar-refractivity contribution in [2.24, 2.45) is 0 Å². The zero-order valence-electron chi connectivity index (χ0n) is 11.4. The minimum Gasteiger partial charge on any atom is -0.313 e. The van der Waals surface area contributed by atoms with Crippen molar-refractivity contribution in [3.63, 3.8) is 0 Å². The molecule has 0 bridgehead atoms. The number of aromatic nitrogens is 1. The van der Waals surface area contributed by atoms with Crippen LogP contribution in [0.1, 0.15) is 18.5 Å². The van der Waals surface area contributed by atoms with Gasteiger partial charge in [-0.05, 0) is 38.1 Å². The van der Waals surface area contributed by atoms with Gasteiger partial charge in [-0.2, -0.15) is 13.2 Å². The average Bonchev–Trinajstić information content (AvgIpc) is 2.40. The predicted molar refractivity (Wildman–Crippen MR) is 71.5 cm³/mol. The Morgan fingerprint density at radius 1 is 1.25 bits per heavy atom. The monoisotopic (exact) mass is 287 g/mol. The van der Waals surface area contributed by atoms with Gasteiger partial charge in [-0.3, -0.25) is 9.88 Å². The largest absolute Gasteiger partial charge is 0.401 e. The van der Waals surface area contributed by atoms with Gasteiger partial charge in [0, 0.05) is 30.9 Å². The van der Waals surface area contributed by atoms with Crippen molar-refractivity contribution in [3.05, 3.63) is 30.1 Å². The van der Waals surface area contributed by atoms with Crippen LogP contribution in [0.2, 0.25) is 0 Å². The maximum Gasteiger partial charge on any atom is 0.401 e. The number of nitrogens with zero attached hydrogens (tertiary/aromatic N) is 2. The highest BCUT2D eigenvalue weighted by atomic mass is 19.4. The van der Waals surface area contributed by atoms with Gasteiger partial charge in [-0.1, -0.05) is 6.07 Å². The van der Waals surface area contributed by atoms with Crippen molar-refractivity contribution in [1.82, 2.24) is 15.2 Å². The highest BCUT2D eigenvalue weighted by Crippen LogP contribution is 2.19. The van der Waals surface area contributed by atoms with E-state index in [4.69, 9.17) is 0 Å². The lowest BCUT2D eigenvalue weighted by Crippen LogP contribution is -2.45. The molecule has 0 radical (unpaired) electrons. The molecule has 1 saturated heterocycles. The van der Waals surface area contributed by atoms with Crippen LogP contribution in [0.3, 0.4) is 0 Å². The number of hydrogen-bond acceptors (Lipinski definition) is 3. The number of piperidine rings is 1. The van der Waals surface area contributed by atoms with Crippen LogP contribution >= 0.6 is 0 Å². The summed E-state index contributed by atoms with van der Waals surface area (Å²) in [5.74, 6) is 0. The fourth-order valence-electron chi connectivity index (χ4n) is 2.50. The topological polar surface area (TPSA) is 28.2 Å². The lowest BCUT2D eigenvalue weighted by Gasteiger charge is -2.32. The van der Waals surface area contributed by atoms with Crippen LogP contribution in [0.25, 0.3) is 0 Å². The molecule has 2 heterocycles. The van der Waals surface area contributed by atoms with Crippen LogP contribution < -0.4 is 5.32 Å². The van der Waals surface area contributed by atoms with Crippen LogP contribution in [0.15, 0.2) is 24.4 Å². The molecule has 20 heavy (non-hydrogen) atoms. The summed E-state index contributed by atoms with van der Waals surface area (Å²) in [6.07, 6.45) is 0.0877. The molecule has 0 atom stereocenters. The zero-order chi connectivity index (χ0) is 14.4. The van der Waals surface area contributed by atoms with E-state index < -0.39 is 12.7 Å². The summed E-state index contributed by atoms with van der Waals surface area (Å²) in [5.41, 5.74) is 1.04. The summed E-state index contributed by atoms with van der Waals surface area (Å²) in [7, 11) is 0. The minimum atomic E-state index is -4.08. The molecule has 2 rings (SSSR count). The first-order chi connectivity index (χ1) is 9.53. The SMILES string of the molecule is FC(F)(F)CN1CCC(NCCc2ccccn2)CC1. The van der Waals surface area contributed by atoms with Gasteiger partial charge in [-0.25, -0.2) is 0 Å². The van der Waals surface area contributed by atoms with Crippen molar-refractivity contribution in [3.8, 4) is 0 Å². The molecule has 112 valence electrons. The highest BCUT2D eigenvalue weighted by molar-refractivity contribution is 5.03. The summed E-state index contributed by atoms with van der Waals surface area (Å²) in [6, 6.07) is 6.14. The van der Waals surface area contributed by atoms with E-state index in [1.54, 1.807) is 6.20 Å². The first kappa shape index (κ1) is 15.3. The fraction of sp³-hybridized carbons (Fsp3) is 0.643. The van der Waals surface area contributed by atoms with E-state index >= 15 is 0 Å². The van der Waals surface area contributed by atoms with E-state index in [2.05, 4.69) is 10.3 Å². The summed E-state index contributed by atoms with van der Waals surface area (Å²) >= 11 is 0. The van der Waals surface area contributed by atoms with Crippen LogP contribution in [0.4, 0.5) is 13.2 Å². The van der Waals surface area contributed by atoms with Crippen LogP contribution in [0, 0.1) is 0 Å². The van der Waals surface area contributed by atoms with E-state index in [-0.39, 0.29) is 0 Å². The van der Waals surface area contributed by atoms with Crippen molar-refractivity contribution in [1.29, 1.82) is 0 Å². The lowest BCUT2D eigenvalue weighted by atomic mass is 10.0. The minimum absolute atomic E-state index is 0.322. The third kappa shape index (κ3) is 5.46. The van der Waals surface area contributed by atoms with Crippen molar-refractivity contribution in [2.45, 2.75) is 31.5 Å². The Kier molecular flexibility index (Phi) is 5.37. The predicted octanol–water partition coefficient (Wildman–Crippen LogP) is 2.24. The quantitative estimate of drug-likeness (QED) is 0.900. The Bertz CT molecular complexity index is 386. The Morgan fingerprint density at radius 3 is 2.60 bits per heavy atom. The van der Waals surface area contributed by atoms with Gasteiger partial charge in [0.15, 0.2) is 0 Å². The van der Waals surface area contributed by atoms with Crippen LogP contribution in [-0.4, -0.2) is 48.3 Å². The molecule has 0 aliphatic carbocycles. The van der Waals surface area contributed by atoms with E-state index in [1.807, 2.05) is 18.2 Å². The molecule has 1 aliphatic rings. The van der Waals surface area contributed by atoms with Gasteiger partial charge in [0.2, 0.25) is 0 Å². The van der Waals surface area contributed by atoms with Crippen molar-refractivity contribution >= 4 is 0 Å². The maximum atomic E-state index is 12.3. The molecule has 0 aromatic carbocycles. The number of halogens is 3. The molecule has 1 aliphatic heterocycles. The molecule has 6 heteroatoms. The third-order valence-electron chi connectivity index (χ3n) is 3.53. The molecule has 1 aromatic heterocycles. The third-order valence-corrected chi connectivity index (χ3v) is 3.53. The van der Waals surface area contributed by atoms with E-state index in [0.29, 0.717) is 19.1 Å². The molecule has 0 spiro atoms. The number of rotatable bonds is 5. The first-order valence-electron chi connectivity index (χ1n) is 6.95. The molecule has 0 saturated carbocycles. The molecular formula is C14H20F3N3. The lowest BCUT2D eigenvalue weighted by molar-refractivity contribution is -0.148. The van der Waals surface area contributed by atoms with Gasteiger partial charge < -0.3 is 5.32 Å². The summed E-state index contributed by atoms with van der Waals surface area (Å²) in [6.45, 7) is 1.07. The van der Waals surface area contributed by atoms with E-state index in [9.17, 15) is 13.2 Å². The smallest absolute Gasteiger partial charge is 0.313 e. The fourth-order valence-corrected chi connectivity index (χ4v) is 2.50. The van der Waals surface area contributed by atoms with Crippen LogP contribution in [0.5, 0.6) is 0 Å². The molecule has 3 nitrogen and oxygen atoms in total. The van der Waals surface area contributed by atoms with Gasteiger partial charge in [0.25, 0.3) is 0 Å². The Morgan fingerprint density at radius 2 is 2.00 bits per heavy atom. The van der Waals surface area contributed by atoms with Gasteiger partial charge in [0.1, 0.15) is 0 Å². The molecule has 0 amide bonds. The standard InChI is InChI=1S/C14H20F3N3/c15-14(16,17)11-20-9-5-13(6-10-20)19-8-4-12-3-1-2-7-18-12/h1-3,7,13,19H,4-6,8-11H2. The average molecular weight is 287 g/mol. The number of nitrogens with one attached hydrogen (secondary N) is 1. The molecular weight excluding hydrogens is 267 g/mol. The Hall–Kier alpha value is -1.14. The second kappa shape index (κ2) is 7.04. The normalized spacial score (nSPS) is 18.4. The van der Waals surface area contributed by atoms with E-state index in [0.717, 1.165) is 31.5 Å². The molecule has 1 aromatic rings. The summed E-state index contributed by atoms with van der Waals surface area (Å²) in [5, 5.41) is 3.41. The zero-order valence-corrected chi connectivity index (χ0v) is 11.4. The number of pyridine rings is 1. The van der Waals surface area contributed by atoms with Gasteiger partial charge >= 0.3 is 6.18 Å². The second-order valence-electron chi connectivity index (χ2n) is 5.19. The number of hydrogen-bond donors (Lipinski definition) is 1. The van der Waals surface area contributed by atoms with Crippen LogP contribution in [-0.2, 0) is 6.42 Å². The maximum absolute atomic E-state index is 12.3. The molecule has 0 unspecified atom stereocenters. The number of alkyl halides is 3. The molecule has 1 fully saturated rings. The van der Waals surface area contributed by atoms with E-state index in [1.165, 1.54) is 4.90 Å². The Balaban J connectivity index is 1.62. The highest BCUT2D eigenvalue weighted by Gasteiger charge is 2.32. The summed E-state index contributed by atoms with van der Waals surface area (Å²) in [4.78, 5) is 5.72. The Labute approximate surface area is 117 Å². The van der Waals surface area contributed by atoms with Gasteiger partial charge in [0.05, 0.1) is 6.54 Å².